The summed E-state index contributed by atoms with van der Waals surface area (Å²) in [5, 5.41) is 3.82. The lowest BCUT2D eigenvalue weighted by atomic mass is 9.82. The van der Waals surface area contributed by atoms with Gasteiger partial charge in [0.25, 0.3) is 0 Å². The van der Waals surface area contributed by atoms with Gasteiger partial charge < -0.3 is 5.32 Å². The van der Waals surface area contributed by atoms with Crippen LogP contribution in [0.1, 0.15) is 52.4 Å². The predicted octanol–water partition coefficient (Wildman–Crippen LogP) is 2.64. The molecule has 1 saturated heterocycles. The fraction of sp³-hybridized carbons (Fsp3) is 1.00. The van der Waals surface area contributed by atoms with E-state index in [4.69, 9.17) is 0 Å². The second-order valence-electron chi connectivity index (χ2n) is 6.74. The van der Waals surface area contributed by atoms with Crippen molar-refractivity contribution in [3.05, 3.63) is 0 Å². The fourth-order valence-electron chi connectivity index (χ4n) is 3.99. The summed E-state index contributed by atoms with van der Waals surface area (Å²) in [4.78, 5) is 2.81. The van der Waals surface area contributed by atoms with Gasteiger partial charge in [-0.2, -0.15) is 0 Å². The van der Waals surface area contributed by atoms with E-state index in [-0.39, 0.29) is 0 Å². The molecule has 0 bridgehead atoms. The third kappa shape index (κ3) is 2.53. The molecule has 2 heteroatoms. The minimum Gasteiger partial charge on any atom is -0.311 e. The van der Waals surface area contributed by atoms with Crippen molar-refractivity contribution in [1.82, 2.24) is 10.2 Å². The smallest absolute Gasteiger partial charge is 0.0224 e. The first kappa shape index (κ1) is 12.0. The Morgan fingerprint density at radius 1 is 1.06 bits per heavy atom. The van der Waals surface area contributed by atoms with Crippen molar-refractivity contribution in [1.29, 1.82) is 0 Å². The monoisotopic (exact) mass is 236 g/mol. The van der Waals surface area contributed by atoms with E-state index in [2.05, 4.69) is 24.1 Å². The molecule has 2 nitrogen and oxygen atoms in total. The van der Waals surface area contributed by atoms with E-state index in [1.807, 2.05) is 0 Å². The summed E-state index contributed by atoms with van der Waals surface area (Å²) in [6.07, 6.45) is 8.81. The van der Waals surface area contributed by atoms with E-state index >= 15 is 0 Å². The molecule has 0 radical (unpaired) electrons. The molecule has 1 aliphatic heterocycles. The molecule has 3 fully saturated rings. The van der Waals surface area contributed by atoms with Crippen molar-refractivity contribution >= 4 is 0 Å². The van der Waals surface area contributed by atoms with Gasteiger partial charge in [-0.25, -0.2) is 0 Å². The first-order valence-electron chi connectivity index (χ1n) is 7.75. The van der Waals surface area contributed by atoms with Crippen LogP contribution in [-0.2, 0) is 0 Å². The highest BCUT2D eigenvalue weighted by atomic mass is 15.3. The number of hydrogen-bond donors (Lipinski definition) is 1. The van der Waals surface area contributed by atoms with E-state index in [0.29, 0.717) is 0 Å². The Kier molecular flexibility index (Phi) is 3.45. The van der Waals surface area contributed by atoms with E-state index < -0.39 is 0 Å². The molecule has 3 rings (SSSR count). The third-order valence-electron chi connectivity index (χ3n) is 5.36. The summed E-state index contributed by atoms with van der Waals surface area (Å²) in [6, 6.07) is 2.46. The van der Waals surface area contributed by atoms with Gasteiger partial charge in [0, 0.05) is 31.2 Å². The van der Waals surface area contributed by atoms with E-state index in [0.717, 1.165) is 30.0 Å². The zero-order valence-electron chi connectivity index (χ0n) is 11.5. The number of hydrogen-bond acceptors (Lipinski definition) is 2. The van der Waals surface area contributed by atoms with Gasteiger partial charge in [0.15, 0.2) is 0 Å². The van der Waals surface area contributed by atoms with Crippen LogP contribution in [0.3, 0.4) is 0 Å². The van der Waals surface area contributed by atoms with Crippen LogP contribution < -0.4 is 5.32 Å². The van der Waals surface area contributed by atoms with E-state index in [9.17, 15) is 0 Å². The van der Waals surface area contributed by atoms with Crippen molar-refractivity contribution in [3.8, 4) is 0 Å². The van der Waals surface area contributed by atoms with Crippen molar-refractivity contribution < 1.29 is 0 Å². The number of nitrogens with one attached hydrogen (secondary N) is 1. The quantitative estimate of drug-likeness (QED) is 0.793. The summed E-state index contributed by atoms with van der Waals surface area (Å²) in [7, 11) is 0. The summed E-state index contributed by atoms with van der Waals surface area (Å²) in [5.41, 5.74) is 0. The molecule has 2 aliphatic carbocycles. The molecule has 0 aromatic rings. The van der Waals surface area contributed by atoms with Crippen LogP contribution in [0.4, 0.5) is 0 Å². The highest BCUT2D eigenvalue weighted by Crippen LogP contribution is 2.38. The molecular weight excluding hydrogens is 208 g/mol. The second-order valence-corrected chi connectivity index (χ2v) is 6.74. The maximum Gasteiger partial charge on any atom is 0.0224 e. The molecule has 17 heavy (non-hydrogen) atoms. The maximum atomic E-state index is 3.82. The number of rotatable bonds is 2. The van der Waals surface area contributed by atoms with Crippen LogP contribution in [-0.4, -0.2) is 36.1 Å². The highest BCUT2D eigenvalue weighted by molar-refractivity contribution is 4.99. The number of nitrogens with zero attached hydrogens (tertiary/aromatic N) is 1. The summed E-state index contributed by atoms with van der Waals surface area (Å²) in [6.45, 7) is 7.34. The zero-order valence-corrected chi connectivity index (χ0v) is 11.5. The van der Waals surface area contributed by atoms with Gasteiger partial charge in [0.05, 0.1) is 0 Å². The molecule has 0 aromatic carbocycles. The molecule has 3 aliphatic rings. The molecule has 98 valence electrons. The lowest BCUT2D eigenvalue weighted by Crippen LogP contribution is -2.58. The van der Waals surface area contributed by atoms with E-state index in [1.165, 1.54) is 51.6 Å². The Bertz CT molecular complexity index is 258. The molecule has 0 spiro atoms. The van der Waals surface area contributed by atoms with Crippen LogP contribution in [0, 0.1) is 11.8 Å². The minimum absolute atomic E-state index is 0.754. The minimum atomic E-state index is 0.754. The maximum absolute atomic E-state index is 3.82. The molecule has 1 heterocycles. The van der Waals surface area contributed by atoms with Crippen molar-refractivity contribution in [2.75, 3.05) is 13.1 Å². The third-order valence-corrected chi connectivity index (χ3v) is 5.36. The topological polar surface area (TPSA) is 15.3 Å². The average molecular weight is 236 g/mol. The van der Waals surface area contributed by atoms with E-state index in [1.54, 1.807) is 0 Å². The molecule has 4 unspecified atom stereocenters. The Morgan fingerprint density at radius 3 is 2.41 bits per heavy atom. The first-order valence-corrected chi connectivity index (χ1v) is 7.75. The Hall–Kier alpha value is -0.0800. The molecule has 1 N–H and O–H groups in total. The molecule has 0 aromatic heterocycles. The van der Waals surface area contributed by atoms with Gasteiger partial charge in [-0.3, -0.25) is 4.90 Å². The average Bonchev–Trinajstić information content (AvgIpc) is 3.08. The van der Waals surface area contributed by atoms with Crippen molar-refractivity contribution in [3.63, 3.8) is 0 Å². The fourth-order valence-corrected chi connectivity index (χ4v) is 3.99. The van der Waals surface area contributed by atoms with Crippen LogP contribution in [0.5, 0.6) is 0 Å². The van der Waals surface area contributed by atoms with Crippen molar-refractivity contribution in [2.45, 2.75) is 70.5 Å². The number of piperazine rings is 1. The Morgan fingerprint density at radius 2 is 1.76 bits per heavy atom. The predicted molar refractivity (Wildman–Crippen MR) is 72.1 cm³/mol. The van der Waals surface area contributed by atoms with Gasteiger partial charge in [-0.05, 0) is 38.0 Å². The normalized spacial score (nSPS) is 44.8. The second kappa shape index (κ2) is 4.89. The molecule has 2 saturated carbocycles. The van der Waals surface area contributed by atoms with Crippen LogP contribution in [0.25, 0.3) is 0 Å². The Labute approximate surface area is 106 Å². The zero-order chi connectivity index (χ0) is 11.8. The lowest BCUT2D eigenvalue weighted by Gasteiger charge is -2.43. The van der Waals surface area contributed by atoms with Gasteiger partial charge in [0.1, 0.15) is 0 Å². The molecule has 0 amide bonds. The van der Waals surface area contributed by atoms with Gasteiger partial charge >= 0.3 is 0 Å². The van der Waals surface area contributed by atoms with Gasteiger partial charge in [0.2, 0.25) is 0 Å². The molecular formula is C15H28N2. The standard InChI is InChI=1S/C15H28N2/c1-11-8-15(11)17-10-14(16-9-12(17)2)13-6-4-3-5-7-13/h11-16H,3-10H2,1-2H3. The van der Waals surface area contributed by atoms with Crippen LogP contribution in [0.15, 0.2) is 0 Å². The molecule has 4 atom stereocenters. The SMILES string of the molecule is CC1CC1N1CC(C2CCCCC2)NCC1C. The van der Waals surface area contributed by atoms with Crippen LogP contribution in [0.2, 0.25) is 0 Å². The summed E-state index contributed by atoms with van der Waals surface area (Å²) in [5.74, 6) is 1.93. The summed E-state index contributed by atoms with van der Waals surface area (Å²) >= 11 is 0. The lowest BCUT2D eigenvalue weighted by molar-refractivity contribution is 0.0937. The largest absolute Gasteiger partial charge is 0.311 e. The Balaban J connectivity index is 1.59. The first-order chi connectivity index (χ1) is 8.25. The van der Waals surface area contributed by atoms with Crippen molar-refractivity contribution in [2.24, 2.45) is 11.8 Å². The van der Waals surface area contributed by atoms with Gasteiger partial charge in [-0.1, -0.05) is 26.2 Å². The van der Waals surface area contributed by atoms with Crippen LogP contribution >= 0.6 is 0 Å². The highest BCUT2D eigenvalue weighted by Gasteiger charge is 2.43. The van der Waals surface area contributed by atoms with Gasteiger partial charge in [-0.15, -0.1) is 0 Å². The summed E-state index contributed by atoms with van der Waals surface area (Å²) < 4.78 is 0.